The van der Waals surface area contributed by atoms with E-state index >= 15 is 0 Å². The highest BCUT2D eigenvalue weighted by atomic mass is 35.5. The van der Waals surface area contributed by atoms with Crippen molar-refractivity contribution in [1.82, 2.24) is 10.6 Å². The van der Waals surface area contributed by atoms with Crippen molar-refractivity contribution in [3.05, 3.63) is 33.8 Å². The van der Waals surface area contributed by atoms with Crippen molar-refractivity contribution in [2.24, 2.45) is 4.99 Å². The van der Waals surface area contributed by atoms with Crippen molar-refractivity contribution in [1.29, 1.82) is 0 Å². The predicted molar refractivity (Wildman–Crippen MR) is 93.2 cm³/mol. The summed E-state index contributed by atoms with van der Waals surface area (Å²) in [5, 5.41) is 8.00. The van der Waals surface area contributed by atoms with Gasteiger partial charge in [0.05, 0.1) is 6.10 Å². The third-order valence-corrected chi connectivity index (χ3v) is 4.47. The quantitative estimate of drug-likeness (QED) is 0.635. The first kappa shape index (κ1) is 17.4. The van der Waals surface area contributed by atoms with E-state index in [-0.39, 0.29) is 12.0 Å². The fraction of sp³-hybridized carbons (Fsp3) is 0.562. The standard InChI is InChI=1S/C16H23Cl2N3O/c1-11(15-13(17)6-3-7-14(15)18)9-20-16(19-2)21-10-12-5-4-8-22-12/h3,6-7,11-12H,4-5,8-10H2,1-2H3,(H2,19,20,21). The summed E-state index contributed by atoms with van der Waals surface area (Å²) in [6.07, 6.45) is 2.53. The lowest BCUT2D eigenvalue weighted by atomic mass is 10.0. The van der Waals surface area contributed by atoms with Crippen LogP contribution in [0.1, 0.15) is 31.2 Å². The number of aliphatic imine (C=N–C) groups is 1. The third kappa shape index (κ3) is 4.77. The highest BCUT2D eigenvalue weighted by molar-refractivity contribution is 6.36. The first-order valence-electron chi connectivity index (χ1n) is 7.62. The van der Waals surface area contributed by atoms with Gasteiger partial charge in [0.25, 0.3) is 0 Å². The van der Waals surface area contributed by atoms with Crippen molar-refractivity contribution >= 4 is 29.2 Å². The van der Waals surface area contributed by atoms with Gasteiger partial charge in [0.2, 0.25) is 0 Å². The van der Waals surface area contributed by atoms with E-state index in [1.165, 1.54) is 0 Å². The van der Waals surface area contributed by atoms with Gasteiger partial charge in [-0.2, -0.15) is 0 Å². The number of hydrogen-bond donors (Lipinski definition) is 2. The Balaban J connectivity index is 1.84. The van der Waals surface area contributed by atoms with Gasteiger partial charge in [-0.1, -0.05) is 36.2 Å². The minimum atomic E-state index is 0.183. The molecule has 2 N–H and O–H groups in total. The van der Waals surface area contributed by atoms with Gasteiger partial charge in [-0.25, -0.2) is 0 Å². The minimum absolute atomic E-state index is 0.183. The molecule has 1 saturated heterocycles. The molecule has 2 atom stereocenters. The maximum Gasteiger partial charge on any atom is 0.191 e. The van der Waals surface area contributed by atoms with Crippen LogP contribution in [0.5, 0.6) is 0 Å². The lowest BCUT2D eigenvalue weighted by molar-refractivity contribution is 0.114. The van der Waals surface area contributed by atoms with Gasteiger partial charge in [0.15, 0.2) is 5.96 Å². The summed E-state index contributed by atoms with van der Waals surface area (Å²) in [7, 11) is 1.76. The number of guanidine groups is 1. The van der Waals surface area contributed by atoms with E-state index in [9.17, 15) is 0 Å². The second kappa shape index (κ2) is 8.61. The second-order valence-electron chi connectivity index (χ2n) is 5.51. The summed E-state index contributed by atoms with van der Waals surface area (Å²) in [5.74, 6) is 0.952. The van der Waals surface area contributed by atoms with Gasteiger partial charge < -0.3 is 15.4 Å². The van der Waals surface area contributed by atoms with Crippen molar-refractivity contribution in [3.63, 3.8) is 0 Å². The Morgan fingerprint density at radius 2 is 2.09 bits per heavy atom. The Bertz CT molecular complexity index is 496. The van der Waals surface area contributed by atoms with E-state index in [1.54, 1.807) is 7.05 Å². The van der Waals surface area contributed by atoms with Crippen molar-refractivity contribution in [2.45, 2.75) is 31.8 Å². The summed E-state index contributed by atoms with van der Waals surface area (Å²) in [6.45, 7) is 4.43. The molecule has 1 aromatic rings. The van der Waals surface area contributed by atoms with Crippen LogP contribution in [0.4, 0.5) is 0 Å². The van der Waals surface area contributed by atoms with Crippen molar-refractivity contribution in [3.8, 4) is 0 Å². The monoisotopic (exact) mass is 343 g/mol. The van der Waals surface area contributed by atoms with Crippen LogP contribution in [0.2, 0.25) is 10.0 Å². The number of rotatable bonds is 5. The summed E-state index contributed by atoms with van der Waals surface area (Å²) < 4.78 is 5.59. The molecule has 0 spiro atoms. The summed E-state index contributed by atoms with van der Waals surface area (Å²) in [5.41, 5.74) is 0.966. The summed E-state index contributed by atoms with van der Waals surface area (Å²) >= 11 is 12.5. The molecule has 0 aliphatic carbocycles. The zero-order valence-corrected chi connectivity index (χ0v) is 14.5. The van der Waals surface area contributed by atoms with Gasteiger partial charge in [-0.05, 0) is 30.5 Å². The van der Waals surface area contributed by atoms with E-state index in [0.717, 1.165) is 37.5 Å². The largest absolute Gasteiger partial charge is 0.376 e. The van der Waals surface area contributed by atoms with E-state index in [4.69, 9.17) is 27.9 Å². The molecule has 1 heterocycles. The van der Waals surface area contributed by atoms with Crippen LogP contribution in [0.3, 0.4) is 0 Å². The molecule has 0 saturated carbocycles. The molecule has 1 aliphatic heterocycles. The fourth-order valence-electron chi connectivity index (χ4n) is 2.57. The molecule has 2 unspecified atom stereocenters. The molecule has 22 heavy (non-hydrogen) atoms. The molecule has 1 aromatic carbocycles. The highest BCUT2D eigenvalue weighted by Crippen LogP contribution is 2.30. The van der Waals surface area contributed by atoms with Crippen LogP contribution in [0.15, 0.2) is 23.2 Å². The van der Waals surface area contributed by atoms with Gasteiger partial charge in [-0.3, -0.25) is 4.99 Å². The van der Waals surface area contributed by atoms with E-state index in [2.05, 4.69) is 22.5 Å². The van der Waals surface area contributed by atoms with Crippen LogP contribution in [-0.4, -0.2) is 38.8 Å². The smallest absolute Gasteiger partial charge is 0.191 e. The molecule has 1 fully saturated rings. The molecule has 0 radical (unpaired) electrons. The number of halogens is 2. The van der Waals surface area contributed by atoms with Gasteiger partial charge in [0, 0.05) is 42.7 Å². The molecule has 0 amide bonds. The first-order chi connectivity index (χ1) is 10.6. The molecule has 1 aliphatic rings. The Labute approximate surface area is 142 Å². The van der Waals surface area contributed by atoms with Crippen LogP contribution in [0, 0.1) is 0 Å². The number of nitrogens with one attached hydrogen (secondary N) is 2. The molecule has 122 valence electrons. The molecular weight excluding hydrogens is 321 g/mol. The Kier molecular flexibility index (Phi) is 6.80. The highest BCUT2D eigenvalue weighted by Gasteiger charge is 2.17. The van der Waals surface area contributed by atoms with Crippen LogP contribution in [0.25, 0.3) is 0 Å². The first-order valence-corrected chi connectivity index (χ1v) is 8.37. The lowest BCUT2D eigenvalue weighted by Crippen LogP contribution is -2.42. The summed E-state index contributed by atoms with van der Waals surface area (Å²) in [6, 6.07) is 5.59. The number of nitrogens with zero attached hydrogens (tertiary/aromatic N) is 1. The molecule has 4 nitrogen and oxygen atoms in total. The van der Waals surface area contributed by atoms with Gasteiger partial charge in [-0.15, -0.1) is 0 Å². The van der Waals surface area contributed by atoms with Crippen molar-refractivity contribution < 1.29 is 4.74 Å². The molecule has 0 aromatic heterocycles. The average Bonchev–Trinajstić information content (AvgIpc) is 3.00. The fourth-order valence-corrected chi connectivity index (χ4v) is 3.34. The maximum absolute atomic E-state index is 6.25. The van der Waals surface area contributed by atoms with Crippen LogP contribution in [-0.2, 0) is 4.74 Å². The zero-order chi connectivity index (χ0) is 15.9. The second-order valence-corrected chi connectivity index (χ2v) is 6.32. The van der Waals surface area contributed by atoms with Gasteiger partial charge in [0.1, 0.15) is 0 Å². The summed E-state index contributed by atoms with van der Waals surface area (Å²) in [4.78, 5) is 4.23. The van der Waals surface area contributed by atoms with Crippen LogP contribution >= 0.6 is 23.2 Å². The zero-order valence-electron chi connectivity index (χ0n) is 13.0. The molecule has 0 bridgehead atoms. The van der Waals surface area contributed by atoms with E-state index in [0.29, 0.717) is 16.6 Å². The van der Waals surface area contributed by atoms with E-state index < -0.39 is 0 Å². The van der Waals surface area contributed by atoms with Crippen molar-refractivity contribution in [2.75, 3.05) is 26.7 Å². The normalized spacial score (nSPS) is 20.0. The predicted octanol–water partition coefficient (Wildman–Crippen LogP) is 3.44. The van der Waals surface area contributed by atoms with Crippen LogP contribution < -0.4 is 10.6 Å². The Hall–Kier alpha value is -0.970. The lowest BCUT2D eigenvalue weighted by Gasteiger charge is -2.19. The van der Waals surface area contributed by atoms with Gasteiger partial charge >= 0.3 is 0 Å². The topological polar surface area (TPSA) is 45.7 Å². The molecule has 6 heteroatoms. The third-order valence-electron chi connectivity index (χ3n) is 3.81. The maximum atomic E-state index is 6.25. The molecular formula is C16H23Cl2N3O. The Morgan fingerprint density at radius 1 is 1.36 bits per heavy atom. The average molecular weight is 344 g/mol. The molecule has 2 rings (SSSR count). The number of benzene rings is 1. The van der Waals surface area contributed by atoms with E-state index in [1.807, 2.05) is 18.2 Å². The minimum Gasteiger partial charge on any atom is -0.376 e. The SMILES string of the molecule is CN=C(NCC1CCCO1)NCC(C)c1c(Cl)cccc1Cl. The Morgan fingerprint density at radius 3 is 2.68 bits per heavy atom. The number of ether oxygens (including phenoxy) is 1. The number of hydrogen-bond acceptors (Lipinski definition) is 2.